The Hall–Kier alpha value is -0.620. The number of hydrogen-bond acceptors (Lipinski definition) is 3. The van der Waals surface area contributed by atoms with Crippen molar-refractivity contribution in [3.8, 4) is 0 Å². The van der Waals surface area contributed by atoms with Gasteiger partial charge in [-0.05, 0) is 24.8 Å². The predicted octanol–water partition coefficient (Wildman–Crippen LogP) is 3.18. The first-order chi connectivity index (χ1) is 6.99. The molecule has 0 fully saturated rings. The van der Waals surface area contributed by atoms with Gasteiger partial charge < -0.3 is 9.73 Å². The Morgan fingerprint density at radius 1 is 1.53 bits per heavy atom. The maximum atomic E-state index is 11.8. The van der Waals surface area contributed by atoms with Crippen LogP contribution in [0.5, 0.6) is 0 Å². The van der Waals surface area contributed by atoms with Gasteiger partial charge in [0.25, 0.3) is 0 Å². The van der Waals surface area contributed by atoms with Crippen LogP contribution in [0.2, 0.25) is 0 Å². The molecule has 0 bridgehead atoms. The van der Waals surface area contributed by atoms with Crippen molar-refractivity contribution in [2.75, 3.05) is 12.3 Å². The van der Waals surface area contributed by atoms with E-state index in [1.165, 1.54) is 6.26 Å². The SMILES string of the molecule is CC(NCCSC(F)(F)F)c1ccoc1. The summed E-state index contributed by atoms with van der Waals surface area (Å²) < 4.78 is 40.2. The minimum absolute atomic E-state index is 0.0117. The molecule has 1 unspecified atom stereocenters. The van der Waals surface area contributed by atoms with Crippen molar-refractivity contribution >= 4 is 11.8 Å². The van der Waals surface area contributed by atoms with Gasteiger partial charge in [-0.25, -0.2) is 0 Å². The zero-order valence-electron chi connectivity index (χ0n) is 8.17. The lowest BCUT2D eigenvalue weighted by Gasteiger charge is -2.12. The molecule has 0 spiro atoms. The fourth-order valence-corrected chi connectivity index (χ4v) is 1.53. The summed E-state index contributed by atoms with van der Waals surface area (Å²) in [5.41, 5.74) is -3.20. The molecule has 1 atom stereocenters. The van der Waals surface area contributed by atoms with Gasteiger partial charge in [0.05, 0.1) is 12.5 Å². The van der Waals surface area contributed by atoms with E-state index in [2.05, 4.69) is 5.32 Å². The molecule has 1 heterocycles. The van der Waals surface area contributed by atoms with E-state index in [1.54, 1.807) is 12.3 Å². The number of nitrogens with one attached hydrogen (secondary N) is 1. The average molecular weight is 239 g/mol. The smallest absolute Gasteiger partial charge is 0.441 e. The van der Waals surface area contributed by atoms with Crippen molar-refractivity contribution < 1.29 is 17.6 Å². The monoisotopic (exact) mass is 239 g/mol. The summed E-state index contributed by atoms with van der Waals surface area (Å²) >= 11 is -0.0131. The third-order valence-corrected chi connectivity index (χ3v) is 2.60. The summed E-state index contributed by atoms with van der Waals surface area (Å²) in [4.78, 5) is 0. The van der Waals surface area contributed by atoms with Crippen molar-refractivity contribution in [2.24, 2.45) is 0 Å². The standard InChI is InChI=1S/C9H12F3NOS/c1-7(8-2-4-14-6-8)13-3-5-15-9(10,11)12/h2,4,6-7,13H,3,5H2,1H3. The van der Waals surface area contributed by atoms with E-state index in [0.29, 0.717) is 6.54 Å². The average Bonchev–Trinajstić information content (AvgIpc) is 2.63. The highest BCUT2D eigenvalue weighted by molar-refractivity contribution is 8.00. The maximum Gasteiger partial charge on any atom is 0.441 e. The molecule has 1 N–H and O–H groups in total. The lowest BCUT2D eigenvalue weighted by atomic mass is 10.2. The molecule has 0 amide bonds. The van der Waals surface area contributed by atoms with E-state index in [1.807, 2.05) is 6.92 Å². The highest BCUT2D eigenvalue weighted by Crippen LogP contribution is 2.29. The molecule has 0 saturated heterocycles. The highest BCUT2D eigenvalue weighted by atomic mass is 32.2. The molecular formula is C9H12F3NOS. The van der Waals surface area contributed by atoms with E-state index in [4.69, 9.17) is 4.42 Å². The van der Waals surface area contributed by atoms with E-state index in [9.17, 15) is 13.2 Å². The summed E-state index contributed by atoms with van der Waals surface area (Å²) in [6, 6.07) is 1.80. The molecule has 0 aliphatic heterocycles. The van der Waals surface area contributed by atoms with Gasteiger partial charge >= 0.3 is 5.51 Å². The van der Waals surface area contributed by atoms with Gasteiger partial charge in [0.2, 0.25) is 0 Å². The summed E-state index contributed by atoms with van der Waals surface area (Å²) in [6.45, 7) is 2.19. The Balaban J connectivity index is 2.16. The van der Waals surface area contributed by atoms with Gasteiger partial charge in [0.1, 0.15) is 0 Å². The van der Waals surface area contributed by atoms with E-state index in [-0.39, 0.29) is 23.6 Å². The summed E-state index contributed by atoms with van der Waals surface area (Å²) in [6.07, 6.45) is 3.12. The van der Waals surface area contributed by atoms with Crippen LogP contribution in [0.4, 0.5) is 13.2 Å². The number of rotatable bonds is 5. The first-order valence-corrected chi connectivity index (χ1v) is 5.44. The van der Waals surface area contributed by atoms with Crippen LogP contribution in [0.1, 0.15) is 18.5 Å². The summed E-state index contributed by atoms with van der Waals surface area (Å²) in [7, 11) is 0. The quantitative estimate of drug-likeness (QED) is 0.799. The minimum atomic E-state index is -4.14. The number of hydrogen-bond donors (Lipinski definition) is 1. The lowest BCUT2D eigenvalue weighted by molar-refractivity contribution is -0.0327. The number of furan rings is 1. The molecule has 1 aromatic heterocycles. The van der Waals surface area contributed by atoms with Gasteiger partial charge in [-0.15, -0.1) is 0 Å². The van der Waals surface area contributed by atoms with Crippen molar-refractivity contribution in [3.63, 3.8) is 0 Å². The summed E-state index contributed by atoms with van der Waals surface area (Å²) in [5, 5.41) is 2.98. The van der Waals surface area contributed by atoms with Crippen molar-refractivity contribution in [1.29, 1.82) is 0 Å². The molecule has 1 aromatic rings. The zero-order chi connectivity index (χ0) is 11.3. The Bertz CT molecular complexity index is 273. The largest absolute Gasteiger partial charge is 0.472 e. The van der Waals surface area contributed by atoms with Gasteiger partial charge in [-0.3, -0.25) is 0 Å². The predicted molar refractivity (Wildman–Crippen MR) is 53.6 cm³/mol. The minimum Gasteiger partial charge on any atom is -0.472 e. The number of halogens is 3. The number of alkyl halides is 3. The second-order valence-electron chi connectivity index (χ2n) is 3.03. The van der Waals surface area contributed by atoms with Crippen LogP contribution in [0.15, 0.2) is 23.0 Å². The van der Waals surface area contributed by atoms with Gasteiger partial charge in [0.15, 0.2) is 0 Å². The molecule has 0 radical (unpaired) electrons. The second-order valence-corrected chi connectivity index (χ2v) is 4.19. The zero-order valence-corrected chi connectivity index (χ0v) is 8.99. The van der Waals surface area contributed by atoms with Crippen LogP contribution >= 0.6 is 11.8 Å². The molecule has 1 rings (SSSR count). The first kappa shape index (κ1) is 12.4. The molecular weight excluding hydrogens is 227 g/mol. The van der Waals surface area contributed by atoms with Gasteiger partial charge in [0, 0.05) is 23.9 Å². The van der Waals surface area contributed by atoms with Crippen LogP contribution in [0.3, 0.4) is 0 Å². The summed E-state index contributed by atoms with van der Waals surface area (Å²) in [5.74, 6) is 0.0195. The normalized spacial score (nSPS) is 14.1. The van der Waals surface area contributed by atoms with Crippen LogP contribution in [-0.4, -0.2) is 17.8 Å². The topological polar surface area (TPSA) is 25.2 Å². The fourth-order valence-electron chi connectivity index (χ4n) is 1.08. The fraction of sp³-hybridized carbons (Fsp3) is 0.556. The van der Waals surface area contributed by atoms with Gasteiger partial charge in [-0.2, -0.15) is 13.2 Å². The molecule has 0 saturated carbocycles. The van der Waals surface area contributed by atoms with Crippen LogP contribution in [0, 0.1) is 0 Å². The van der Waals surface area contributed by atoms with E-state index in [0.717, 1.165) is 5.56 Å². The van der Waals surface area contributed by atoms with Crippen molar-refractivity contribution in [1.82, 2.24) is 5.32 Å². The Kier molecular flexibility index (Phi) is 4.53. The third kappa shape index (κ3) is 5.13. The molecule has 6 heteroatoms. The molecule has 0 aromatic carbocycles. The Morgan fingerprint density at radius 3 is 2.80 bits per heavy atom. The first-order valence-electron chi connectivity index (χ1n) is 4.45. The second kappa shape index (κ2) is 5.46. The lowest BCUT2D eigenvalue weighted by Crippen LogP contribution is -2.22. The van der Waals surface area contributed by atoms with Crippen molar-refractivity contribution in [2.45, 2.75) is 18.5 Å². The van der Waals surface area contributed by atoms with Crippen LogP contribution in [-0.2, 0) is 0 Å². The van der Waals surface area contributed by atoms with Crippen LogP contribution in [0.25, 0.3) is 0 Å². The Morgan fingerprint density at radius 2 is 2.27 bits per heavy atom. The van der Waals surface area contributed by atoms with E-state index >= 15 is 0 Å². The maximum absolute atomic E-state index is 11.8. The molecule has 86 valence electrons. The highest BCUT2D eigenvalue weighted by Gasteiger charge is 2.27. The molecule has 2 nitrogen and oxygen atoms in total. The van der Waals surface area contributed by atoms with Crippen molar-refractivity contribution in [3.05, 3.63) is 24.2 Å². The third-order valence-electron chi connectivity index (χ3n) is 1.86. The van der Waals surface area contributed by atoms with Gasteiger partial charge in [-0.1, -0.05) is 0 Å². The Labute approximate surface area is 90.2 Å². The molecule has 15 heavy (non-hydrogen) atoms. The number of thioether (sulfide) groups is 1. The molecule has 0 aliphatic carbocycles. The molecule has 0 aliphatic rings. The van der Waals surface area contributed by atoms with Crippen LogP contribution < -0.4 is 5.32 Å². The van der Waals surface area contributed by atoms with E-state index < -0.39 is 5.51 Å².